The Morgan fingerprint density at radius 2 is 1.08 bits per heavy atom. The molecule has 8 rings (SSSR count). The Labute approximate surface area is 800 Å². The molecular formula is C92H130N22O25. The lowest BCUT2D eigenvalue weighted by Crippen LogP contribution is -2.61. The molecule has 5 heterocycles. The zero-order valence-corrected chi connectivity index (χ0v) is 79.0. The number of aliphatic hydroxyl groups excluding tert-OH is 2. The molecule has 758 valence electrons. The van der Waals surface area contributed by atoms with Crippen molar-refractivity contribution in [1.82, 2.24) is 92.5 Å². The number of benzene rings is 3. The van der Waals surface area contributed by atoms with Gasteiger partial charge in [0.05, 0.1) is 44.1 Å². The summed E-state index contributed by atoms with van der Waals surface area (Å²) in [7, 11) is 3.82. The van der Waals surface area contributed by atoms with E-state index in [1.165, 1.54) is 69.3 Å². The fourth-order valence-electron chi connectivity index (χ4n) is 17.2. The van der Waals surface area contributed by atoms with Crippen molar-refractivity contribution in [2.24, 2.45) is 28.9 Å². The molecule has 18 amide bonds. The van der Waals surface area contributed by atoms with Crippen LogP contribution in [-0.4, -0.2) is 329 Å². The van der Waals surface area contributed by atoms with Crippen molar-refractivity contribution in [1.29, 1.82) is 0 Å². The van der Waals surface area contributed by atoms with Crippen molar-refractivity contribution in [3.8, 4) is 5.75 Å². The largest absolute Gasteiger partial charge is 0.508 e. The molecule has 47 heteroatoms. The van der Waals surface area contributed by atoms with E-state index >= 15 is 33.6 Å². The first-order valence-corrected chi connectivity index (χ1v) is 46.2. The molecule has 3 aromatic carbocycles. The summed E-state index contributed by atoms with van der Waals surface area (Å²) < 4.78 is 1.37. The van der Waals surface area contributed by atoms with Gasteiger partial charge in [0.15, 0.2) is 0 Å². The summed E-state index contributed by atoms with van der Waals surface area (Å²) in [6, 6.07) is -4.90. The quantitative estimate of drug-likeness (QED) is 0.0213. The lowest BCUT2D eigenvalue weighted by Gasteiger charge is -2.36. The smallest absolute Gasteiger partial charge is 0.323 e. The van der Waals surface area contributed by atoms with Crippen LogP contribution in [-0.2, 0) is 122 Å². The van der Waals surface area contributed by atoms with Gasteiger partial charge in [0.25, 0.3) is 0 Å². The molecule has 16 atom stereocenters. The number of carboxylic acid groups (broad SMARTS) is 2. The summed E-state index contributed by atoms with van der Waals surface area (Å²) in [4.78, 5) is 294. The second kappa shape index (κ2) is 51.8. The molecule has 2 aromatic heterocycles. The van der Waals surface area contributed by atoms with Crippen molar-refractivity contribution in [3.63, 3.8) is 0 Å². The number of carboxylic acids is 2. The maximum absolute atomic E-state index is 16.0. The molecule has 0 radical (unpaired) electrons. The highest BCUT2D eigenvalue weighted by molar-refractivity contribution is 6.03. The number of aliphatic carboxylic acids is 2. The molecule has 3 saturated heterocycles. The van der Waals surface area contributed by atoms with Gasteiger partial charge in [-0.3, -0.25) is 101 Å². The molecule has 0 saturated carbocycles. The van der Waals surface area contributed by atoms with Crippen LogP contribution in [0, 0.1) is 5.92 Å². The van der Waals surface area contributed by atoms with Gasteiger partial charge in [-0.15, -0.1) is 0 Å². The number of carbonyl (C=O) groups is 20. The van der Waals surface area contributed by atoms with Gasteiger partial charge >= 0.3 is 11.9 Å². The van der Waals surface area contributed by atoms with E-state index in [0.717, 1.165) is 24.5 Å². The second-order valence-electron chi connectivity index (χ2n) is 35.8. The number of H-pyrrole nitrogens is 1. The molecule has 47 nitrogen and oxygen atoms in total. The number of phenols is 1. The summed E-state index contributed by atoms with van der Waals surface area (Å²) in [6.45, 7) is 4.80. The van der Waals surface area contributed by atoms with Crippen LogP contribution in [0.5, 0.6) is 5.75 Å². The normalized spacial score (nSPS) is 25.0. The Morgan fingerprint density at radius 3 is 1.72 bits per heavy atom. The molecule has 3 aliphatic rings. The number of hydrogen-bond acceptors (Lipinski definition) is 25. The second-order valence-corrected chi connectivity index (χ2v) is 35.8. The fourth-order valence-corrected chi connectivity index (χ4v) is 17.2. The van der Waals surface area contributed by atoms with Gasteiger partial charge in [0.1, 0.15) is 91.0 Å². The number of aromatic amines is 1. The van der Waals surface area contributed by atoms with E-state index in [4.69, 9.17) is 22.9 Å². The van der Waals surface area contributed by atoms with Crippen LogP contribution < -0.4 is 81.4 Å². The van der Waals surface area contributed by atoms with Gasteiger partial charge in [-0.2, -0.15) is 0 Å². The van der Waals surface area contributed by atoms with Gasteiger partial charge in [0, 0.05) is 100 Å². The average molecular weight is 1940 g/mol. The van der Waals surface area contributed by atoms with Gasteiger partial charge in [0.2, 0.25) is 106 Å². The number of nitrogens with one attached hydrogen (secondary N) is 12. The summed E-state index contributed by atoms with van der Waals surface area (Å²) >= 11 is 0. The predicted molar refractivity (Wildman–Crippen MR) is 498 cm³/mol. The SMILES string of the molecule is CCCC[C@H]1C(=O)N(C)[C@@H](CCCC)C(=O)N[C@@H](CC(C)C)C(=O)N[C@H](C(=O)NCC(N)=O)CNCC(=O)N[C@@H](Cc2ccc(O)cc2)C(O)N(C)[C@@H](C)C(=O)N[C@@H](CC(N)=O)C(=O)N2CCC[C@H]2C(=O)N[C@@H](CCC(N)=O)C(=O)N[C@@H](CCC(=O)O)C(=O)N2C[C@H](O)C[C@H]2C(=O)N[C@@H](Cc2c[nH]c3ccccc23)C(=O)N[C@@H](CC(N)=O)C(=O)N[C@@H](Cc2cn(CC(=O)O)c3ccccc23)C(=O)N1C. The lowest BCUT2D eigenvalue weighted by atomic mass is 9.99. The van der Waals surface area contributed by atoms with Crippen molar-refractivity contribution in [2.45, 2.75) is 260 Å². The minimum Gasteiger partial charge on any atom is -0.508 e. The average Bonchev–Trinajstić information content (AvgIpc) is 1.60. The van der Waals surface area contributed by atoms with Crippen molar-refractivity contribution >= 4 is 140 Å². The van der Waals surface area contributed by atoms with Gasteiger partial charge in [-0.1, -0.05) is 102 Å². The van der Waals surface area contributed by atoms with Crippen LogP contribution >= 0.6 is 0 Å². The van der Waals surface area contributed by atoms with Crippen molar-refractivity contribution in [3.05, 3.63) is 102 Å². The van der Waals surface area contributed by atoms with Gasteiger partial charge < -0.3 is 136 Å². The van der Waals surface area contributed by atoms with E-state index < -0.39 is 306 Å². The number of likely N-dealkylation sites (N-methyl/N-ethyl adjacent to an activating group) is 3. The Balaban J connectivity index is 1.23. The fraction of sp³-hybridized carbons (Fsp3) is 0.543. The number of carbonyl (C=O) groups excluding carboxylic acids is 18. The number of aliphatic hydroxyl groups is 2. The molecule has 0 aliphatic carbocycles. The van der Waals surface area contributed by atoms with E-state index in [1.807, 2.05) is 0 Å². The number of unbranched alkanes of at least 4 members (excludes halogenated alkanes) is 2. The number of fused-ring (bicyclic) bond motifs is 4. The van der Waals surface area contributed by atoms with Crippen LogP contribution in [0.2, 0.25) is 0 Å². The van der Waals surface area contributed by atoms with E-state index in [2.05, 4.69) is 63.5 Å². The summed E-state index contributed by atoms with van der Waals surface area (Å²) in [5.74, 6) is -22.5. The number of nitrogens with two attached hydrogens (primary N) is 4. The highest BCUT2D eigenvalue weighted by Crippen LogP contribution is 2.29. The van der Waals surface area contributed by atoms with Crippen LogP contribution in [0.1, 0.15) is 154 Å². The number of nitrogens with zero attached hydrogens (tertiary/aromatic N) is 6. The summed E-state index contributed by atoms with van der Waals surface area (Å²) in [5, 5.41) is 83.3. The number of para-hydroxylation sites is 2. The maximum Gasteiger partial charge on any atom is 0.323 e. The minimum absolute atomic E-state index is 0.0512. The first-order chi connectivity index (χ1) is 65.8. The Kier molecular flexibility index (Phi) is 41.0. The van der Waals surface area contributed by atoms with Gasteiger partial charge in [-0.05, 0) is 112 Å². The molecule has 0 spiro atoms. The van der Waals surface area contributed by atoms with Gasteiger partial charge in [-0.25, -0.2) is 0 Å². The summed E-state index contributed by atoms with van der Waals surface area (Å²) in [6.07, 6.45) is -5.86. The van der Waals surface area contributed by atoms with Crippen LogP contribution in [0.3, 0.4) is 0 Å². The number of aromatic hydroxyl groups is 1. The van der Waals surface area contributed by atoms with E-state index in [-0.39, 0.29) is 68.7 Å². The Bertz CT molecular complexity index is 5300. The third-order valence-electron chi connectivity index (χ3n) is 24.7. The van der Waals surface area contributed by atoms with E-state index in [1.54, 1.807) is 76.2 Å². The number of phenolic OH excluding ortho intramolecular Hbond substituents is 1. The molecule has 3 aliphatic heterocycles. The first kappa shape index (κ1) is 110. The zero-order valence-electron chi connectivity index (χ0n) is 79.0. The molecular weight excluding hydrogens is 1810 g/mol. The Hall–Kier alpha value is -14.2. The lowest BCUT2D eigenvalue weighted by molar-refractivity contribution is -0.149. The molecule has 3 fully saturated rings. The Morgan fingerprint density at radius 1 is 0.525 bits per heavy atom. The van der Waals surface area contributed by atoms with Crippen LogP contribution in [0.25, 0.3) is 21.8 Å². The third kappa shape index (κ3) is 31.4. The van der Waals surface area contributed by atoms with Crippen molar-refractivity contribution in [2.75, 3.05) is 53.9 Å². The zero-order chi connectivity index (χ0) is 103. The van der Waals surface area contributed by atoms with Crippen LogP contribution in [0.4, 0.5) is 0 Å². The highest BCUT2D eigenvalue weighted by Gasteiger charge is 2.47. The molecule has 25 N–H and O–H groups in total. The maximum atomic E-state index is 16.0. The molecule has 0 bridgehead atoms. The van der Waals surface area contributed by atoms with Crippen LogP contribution in [0.15, 0.2) is 85.2 Å². The van der Waals surface area contributed by atoms with E-state index in [0.29, 0.717) is 52.2 Å². The van der Waals surface area contributed by atoms with E-state index in [9.17, 15) is 87.9 Å². The number of rotatable bonds is 29. The van der Waals surface area contributed by atoms with Crippen molar-refractivity contribution < 1.29 is 121 Å². The standard InChI is InChI=1S/C92H130N22O25/c1-9-11-21-68-85(132)104-60(34-48(3)4)82(129)108-66(80(127)99-43-75(96)120)42-97-44-76(121)100-63(35-50-25-27-53(115)28-26-50)88(135)109(6)49(5)79(126)106-65(40-74(95)119)91(138)113-33-17-24-69(113)86(133)101-58(29-31-72(93)117)81(128)102-59(30-32-77(122)123)90(137)114-46-54(116)38-71(114)87(134)105-61(36-51-41-98-57-20-15-13-18-55(51)57)83(130)103-62(39-73(94)118)84(131)107-64(89(136)111(8)70(22-12-10-2)92(139)110(68)7)37-52-45-112(47-78(124)125)67-23-16-14-19-56(52)67/h13-16,18-20,23,25-28,41,45,48-49,54,58-66,68-71,88,97-98,115-116,135H,9-12,17,21-22,24,29-40,42-44,46-47H2,1-8H3,(H2,93,117)(H2,94,118)(H2,95,119)(H2,96,120)(H,99,127)(H,100,121)(H,101,133)(H,102,128)(H,103,130)(H,104,132)(H,105,134)(H,106,126)(H,107,131)(H,108,129)(H,122,123)(H,124,125)/t49-,54+,58-,59-,60-,61-,62-,63-,64-,65-,66-,68-,69-,70-,71-,88?/m0/s1. The topological polar surface area (TPSA) is 716 Å². The first-order valence-electron chi connectivity index (χ1n) is 46.2. The monoisotopic (exact) mass is 1940 g/mol. The minimum atomic E-state index is -2.06. The number of amides is 18. The number of hydrogen-bond donors (Lipinski definition) is 21. The summed E-state index contributed by atoms with van der Waals surface area (Å²) in [5.41, 5.74) is 24.5. The third-order valence-corrected chi connectivity index (χ3v) is 24.7. The number of primary amides is 4. The number of aromatic nitrogens is 2. The predicted octanol–water partition coefficient (Wildman–Crippen LogP) is -4.94. The highest BCUT2D eigenvalue weighted by atomic mass is 16.4. The molecule has 1 unspecified atom stereocenters. The molecule has 139 heavy (non-hydrogen) atoms. The molecule has 5 aromatic rings.